The van der Waals surface area contributed by atoms with Gasteiger partial charge in [-0.3, -0.25) is 14.5 Å². The van der Waals surface area contributed by atoms with Gasteiger partial charge in [-0.25, -0.2) is 13.2 Å². The fraction of sp³-hybridized carbons (Fsp3) is 0.320. The molecule has 13 heteroatoms. The number of methoxy groups -OCH3 is 1. The molecule has 1 N–H and O–H groups in total. The molecule has 1 heterocycles. The highest BCUT2D eigenvalue weighted by Crippen LogP contribution is 2.39. The molecule has 0 spiro atoms. The number of amides is 2. The number of hydrogen-bond donors (Lipinski definition) is 1. The predicted molar refractivity (Wildman–Crippen MR) is 138 cm³/mol. The van der Waals surface area contributed by atoms with E-state index in [1.54, 1.807) is 48.5 Å². The van der Waals surface area contributed by atoms with Crippen molar-refractivity contribution in [2.45, 2.75) is 29.3 Å². The van der Waals surface area contributed by atoms with E-state index in [1.165, 1.54) is 26.2 Å². The molecular formula is C25H28N2O9S2. The second kappa shape index (κ2) is 13.4. The van der Waals surface area contributed by atoms with Crippen LogP contribution in [0.3, 0.4) is 0 Å². The zero-order valence-electron chi connectivity index (χ0n) is 20.8. The molecule has 3 rings (SSSR count). The van der Waals surface area contributed by atoms with Crippen LogP contribution in [0.4, 0.5) is 0 Å². The molecule has 1 saturated heterocycles. The molecule has 2 aromatic carbocycles. The summed E-state index contributed by atoms with van der Waals surface area (Å²) in [4.78, 5) is 49.2. The van der Waals surface area contributed by atoms with Crippen molar-refractivity contribution >= 4 is 37.4 Å². The van der Waals surface area contributed by atoms with Crippen molar-refractivity contribution in [3.8, 4) is 5.75 Å². The third-order valence-corrected chi connectivity index (χ3v) is 8.97. The van der Waals surface area contributed by atoms with Gasteiger partial charge in [-0.2, -0.15) is 4.89 Å². The molecule has 2 amide bonds. The molecule has 0 saturated carbocycles. The zero-order valence-corrected chi connectivity index (χ0v) is 22.4. The van der Waals surface area contributed by atoms with E-state index >= 15 is 0 Å². The number of β-lactam (4-membered cyclic amide) rings is 1. The Morgan fingerprint density at radius 2 is 1.71 bits per heavy atom. The molecule has 1 aliphatic rings. The molecule has 0 aliphatic carbocycles. The van der Waals surface area contributed by atoms with Crippen molar-refractivity contribution < 1.29 is 42.1 Å². The number of rotatable bonds is 14. The Hall–Kier alpha value is -3.39. The topological polar surface area (TPSA) is 138 Å². The van der Waals surface area contributed by atoms with Gasteiger partial charge in [0.1, 0.15) is 23.8 Å². The van der Waals surface area contributed by atoms with E-state index in [1.807, 2.05) is 0 Å². The Morgan fingerprint density at radius 3 is 2.32 bits per heavy atom. The number of likely N-dealkylation sites (tertiary alicyclic amines) is 1. The first-order valence-corrected chi connectivity index (χ1v) is 14.3. The van der Waals surface area contributed by atoms with Gasteiger partial charge in [-0.05, 0) is 36.8 Å². The van der Waals surface area contributed by atoms with Crippen LogP contribution in [0.1, 0.15) is 6.92 Å². The Morgan fingerprint density at radius 1 is 1.08 bits per heavy atom. The minimum Gasteiger partial charge on any atom is -0.484 e. The molecule has 3 atom stereocenters. The fourth-order valence-electron chi connectivity index (χ4n) is 3.46. The molecule has 3 unspecified atom stereocenters. The first-order valence-electron chi connectivity index (χ1n) is 11.4. The van der Waals surface area contributed by atoms with Crippen LogP contribution in [0.15, 0.2) is 77.7 Å². The summed E-state index contributed by atoms with van der Waals surface area (Å²) < 4.78 is 36.5. The first-order chi connectivity index (χ1) is 18.2. The number of carbonyl (C=O) groups excluding carboxylic acids is 3. The molecule has 2 aromatic rings. The number of ether oxygens (including phenoxy) is 2. The number of nitrogens with one attached hydrogen (secondary N) is 1. The highest BCUT2D eigenvalue weighted by atomic mass is 33.1. The summed E-state index contributed by atoms with van der Waals surface area (Å²) in [5.41, 5.74) is 0.207. The van der Waals surface area contributed by atoms with Gasteiger partial charge in [0.25, 0.3) is 5.91 Å². The number of nitrogens with zero attached hydrogens (tertiary/aromatic N) is 1. The van der Waals surface area contributed by atoms with Crippen LogP contribution in [0.25, 0.3) is 0 Å². The third-order valence-electron chi connectivity index (χ3n) is 5.25. The van der Waals surface area contributed by atoms with Crippen LogP contribution >= 0.6 is 10.8 Å². The van der Waals surface area contributed by atoms with Crippen molar-refractivity contribution in [2.24, 2.45) is 0 Å². The van der Waals surface area contributed by atoms with Gasteiger partial charge < -0.3 is 19.7 Å². The van der Waals surface area contributed by atoms with Crippen LogP contribution in [0, 0.1) is 0 Å². The summed E-state index contributed by atoms with van der Waals surface area (Å²) in [6.45, 7) is 4.93. The molecule has 0 bridgehead atoms. The number of benzene rings is 2. The van der Waals surface area contributed by atoms with Gasteiger partial charge in [-0.1, -0.05) is 43.0 Å². The zero-order chi connectivity index (χ0) is 27.7. The normalized spacial score (nSPS) is 17.7. The smallest absolute Gasteiger partial charge is 0.368 e. The highest BCUT2D eigenvalue weighted by Gasteiger charge is 2.56. The van der Waals surface area contributed by atoms with E-state index in [2.05, 4.69) is 11.9 Å². The van der Waals surface area contributed by atoms with Crippen molar-refractivity contribution in [3.63, 3.8) is 0 Å². The van der Waals surface area contributed by atoms with Crippen LogP contribution in [0.2, 0.25) is 0 Å². The molecule has 38 heavy (non-hydrogen) atoms. The van der Waals surface area contributed by atoms with Gasteiger partial charge in [0.05, 0.1) is 11.5 Å². The summed E-state index contributed by atoms with van der Waals surface area (Å²) in [6, 6.07) is 13.5. The van der Waals surface area contributed by atoms with Gasteiger partial charge in [-0.15, -0.1) is 0 Å². The summed E-state index contributed by atoms with van der Waals surface area (Å²) in [6.07, 6.45) is 0. The van der Waals surface area contributed by atoms with Crippen LogP contribution in [-0.2, 0) is 37.8 Å². The maximum absolute atomic E-state index is 13.2. The second-order valence-corrected chi connectivity index (χ2v) is 12.1. The van der Waals surface area contributed by atoms with E-state index < -0.39 is 50.7 Å². The molecular weight excluding hydrogens is 536 g/mol. The summed E-state index contributed by atoms with van der Waals surface area (Å²) in [5, 5.41) is 1.33. The van der Waals surface area contributed by atoms with Crippen molar-refractivity contribution in [2.75, 3.05) is 26.9 Å². The SMILES string of the molecule is C=C(C)C(C(=O)OOCCOC)N1C(=O)C(NC(=O)COc2ccccc2)C1SS(=O)(=O)c1ccccc1. The Balaban J connectivity index is 1.80. The van der Waals surface area contributed by atoms with E-state index in [4.69, 9.17) is 19.2 Å². The van der Waals surface area contributed by atoms with E-state index in [0.717, 1.165) is 4.90 Å². The lowest BCUT2D eigenvalue weighted by Gasteiger charge is -2.48. The van der Waals surface area contributed by atoms with Crippen molar-refractivity contribution in [1.29, 1.82) is 0 Å². The lowest BCUT2D eigenvalue weighted by Crippen LogP contribution is -2.73. The number of hydrogen-bond acceptors (Lipinski definition) is 10. The quantitative estimate of drug-likeness (QED) is 0.0904. The van der Waals surface area contributed by atoms with Crippen LogP contribution < -0.4 is 10.1 Å². The largest absolute Gasteiger partial charge is 0.484 e. The Bertz CT molecular complexity index is 1240. The van der Waals surface area contributed by atoms with Gasteiger partial charge >= 0.3 is 5.97 Å². The van der Waals surface area contributed by atoms with Crippen LogP contribution in [0.5, 0.6) is 5.75 Å². The van der Waals surface area contributed by atoms with E-state index in [9.17, 15) is 22.8 Å². The van der Waals surface area contributed by atoms with Gasteiger partial charge in [0.15, 0.2) is 12.6 Å². The predicted octanol–water partition coefficient (Wildman–Crippen LogP) is 1.91. The summed E-state index contributed by atoms with van der Waals surface area (Å²) in [5.74, 6) is -1.87. The first kappa shape index (κ1) is 29.2. The minimum atomic E-state index is -4.00. The lowest BCUT2D eigenvalue weighted by molar-refractivity contribution is -0.279. The Labute approximate surface area is 224 Å². The highest BCUT2D eigenvalue weighted by molar-refractivity contribution is 8.72. The molecule has 0 aromatic heterocycles. The minimum absolute atomic E-state index is 0.000799. The third kappa shape index (κ3) is 7.34. The Kier molecular flexibility index (Phi) is 10.3. The maximum atomic E-state index is 13.2. The molecule has 0 radical (unpaired) electrons. The molecule has 1 aliphatic heterocycles. The fourth-order valence-corrected chi connectivity index (χ4v) is 7.00. The average Bonchev–Trinajstić information content (AvgIpc) is 2.91. The van der Waals surface area contributed by atoms with Crippen molar-refractivity contribution in [1.82, 2.24) is 10.2 Å². The van der Waals surface area contributed by atoms with Crippen LogP contribution in [-0.4, -0.2) is 75.5 Å². The standard InChI is InChI=1S/C25H28N2O9S2/c1-17(2)22(25(30)36-35-15-14-33-3)27-23(29)21(26-20(28)16-34-18-10-6-4-7-11-18)24(27)37-38(31,32)19-12-8-5-9-13-19/h4-13,21-22,24H,1,14-16H2,2-3H3,(H,26,28). The molecule has 11 nitrogen and oxygen atoms in total. The van der Waals surface area contributed by atoms with Gasteiger partial charge in [0, 0.05) is 17.9 Å². The summed E-state index contributed by atoms with van der Waals surface area (Å²) >= 11 is 0. The summed E-state index contributed by atoms with van der Waals surface area (Å²) in [7, 11) is -2.13. The monoisotopic (exact) mass is 564 g/mol. The molecule has 1 fully saturated rings. The van der Waals surface area contributed by atoms with Gasteiger partial charge in [0.2, 0.25) is 14.8 Å². The van der Waals surface area contributed by atoms with E-state index in [-0.39, 0.29) is 23.7 Å². The molecule has 204 valence electrons. The maximum Gasteiger partial charge on any atom is 0.368 e. The average molecular weight is 565 g/mol. The second-order valence-electron chi connectivity index (χ2n) is 8.11. The lowest BCUT2D eigenvalue weighted by atomic mass is 9.99. The number of para-hydroxylation sites is 1. The van der Waals surface area contributed by atoms with E-state index in [0.29, 0.717) is 16.5 Å². The number of carbonyl (C=O) groups is 3. The van der Waals surface area contributed by atoms with Crippen molar-refractivity contribution in [3.05, 3.63) is 72.8 Å².